The number of aliphatic hydroxyl groups excluding tert-OH is 1. The van der Waals surface area contributed by atoms with E-state index in [-0.39, 0.29) is 18.1 Å². The van der Waals surface area contributed by atoms with Gasteiger partial charge in [0.15, 0.2) is 5.82 Å². The molecule has 4 heterocycles. The van der Waals surface area contributed by atoms with Crippen molar-refractivity contribution in [1.29, 1.82) is 0 Å². The highest BCUT2D eigenvalue weighted by Gasteiger charge is 2.44. The third-order valence-corrected chi connectivity index (χ3v) is 7.77. The van der Waals surface area contributed by atoms with Gasteiger partial charge in [-0.15, -0.1) is 0 Å². The van der Waals surface area contributed by atoms with Gasteiger partial charge >= 0.3 is 0 Å². The average Bonchev–Trinajstić information content (AvgIpc) is 3.06. The van der Waals surface area contributed by atoms with Crippen LogP contribution in [0.1, 0.15) is 44.9 Å². The Morgan fingerprint density at radius 1 is 1.03 bits per heavy atom. The van der Waals surface area contributed by atoms with Crippen LogP contribution in [-0.2, 0) is 9.59 Å². The molecule has 0 radical (unpaired) electrons. The first-order chi connectivity index (χ1) is 15.9. The molecule has 0 saturated carbocycles. The minimum absolute atomic E-state index is 0.200. The number of halogens is 1. The molecule has 2 amide bonds. The van der Waals surface area contributed by atoms with Gasteiger partial charge in [0, 0.05) is 33.1 Å². The number of benzene rings is 1. The number of anilines is 3. The van der Waals surface area contributed by atoms with Gasteiger partial charge in [-0.3, -0.25) is 14.9 Å². The van der Waals surface area contributed by atoms with E-state index < -0.39 is 18.3 Å². The second-order valence-corrected chi connectivity index (χ2v) is 9.89. The van der Waals surface area contributed by atoms with E-state index in [0.717, 1.165) is 32.5 Å². The summed E-state index contributed by atoms with van der Waals surface area (Å²) in [4.78, 5) is 31.6. The van der Waals surface area contributed by atoms with Crippen LogP contribution in [0.3, 0.4) is 0 Å². The van der Waals surface area contributed by atoms with Gasteiger partial charge in [-0.25, -0.2) is 4.39 Å². The van der Waals surface area contributed by atoms with Gasteiger partial charge in [-0.1, -0.05) is 6.42 Å². The first-order valence-electron chi connectivity index (χ1n) is 12.3. The molecule has 9 heteroatoms. The normalized spacial score (nSPS) is 27.2. The number of piperidine rings is 3. The number of nitrogens with one attached hydrogen (secondary N) is 1. The number of nitrogens with zero attached hydrogens (tertiary/aromatic N) is 4. The maximum atomic E-state index is 15.8. The fourth-order valence-electron chi connectivity index (χ4n) is 5.90. The summed E-state index contributed by atoms with van der Waals surface area (Å²) in [5, 5.41) is 13.2. The van der Waals surface area contributed by atoms with Crippen LogP contribution in [0.15, 0.2) is 12.1 Å². The lowest BCUT2D eigenvalue weighted by molar-refractivity contribution is -0.134. The molecule has 2 atom stereocenters. The maximum Gasteiger partial charge on any atom is 0.249 e. The van der Waals surface area contributed by atoms with Crippen molar-refractivity contribution >= 4 is 28.9 Å². The Hall–Kier alpha value is -2.39. The molecule has 0 spiro atoms. The number of aliphatic hydroxyl groups is 1. The van der Waals surface area contributed by atoms with Crippen molar-refractivity contribution < 1.29 is 19.1 Å². The fourth-order valence-corrected chi connectivity index (χ4v) is 5.90. The van der Waals surface area contributed by atoms with Gasteiger partial charge in [0.1, 0.15) is 11.7 Å². The van der Waals surface area contributed by atoms with Crippen molar-refractivity contribution in [2.45, 2.75) is 57.3 Å². The Kier molecular flexibility index (Phi) is 6.18. The van der Waals surface area contributed by atoms with Gasteiger partial charge in [0.2, 0.25) is 18.2 Å². The number of rotatable bonds is 4. The lowest BCUT2D eigenvalue weighted by Gasteiger charge is -2.37. The van der Waals surface area contributed by atoms with Crippen LogP contribution in [-0.4, -0.2) is 74.0 Å². The van der Waals surface area contributed by atoms with E-state index in [9.17, 15) is 14.7 Å². The molecule has 0 aliphatic carbocycles. The minimum Gasteiger partial charge on any atom is -0.369 e. The lowest BCUT2D eigenvalue weighted by atomic mass is 9.94. The highest BCUT2D eigenvalue weighted by atomic mass is 19.1. The monoisotopic (exact) mass is 459 g/mol. The van der Waals surface area contributed by atoms with Gasteiger partial charge in [0.05, 0.1) is 11.4 Å². The topological polar surface area (TPSA) is 79.4 Å². The second-order valence-electron chi connectivity index (χ2n) is 9.89. The van der Waals surface area contributed by atoms with Crippen LogP contribution >= 0.6 is 0 Å². The highest BCUT2D eigenvalue weighted by molar-refractivity contribution is 6.02. The van der Waals surface area contributed by atoms with E-state index in [1.807, 2.05) is 0 Å². The summed E-state index contributed by atoms with van der Waals surface area (Å²) in [6, 6.07) is 2.85. The SMILES string of the molecule is CN1c2c(ccc(N3CCC(CN4CCCCC4)CC3)c2F)N(C2CCC(=O)NC2=O)C1O. The summed E-state index contributed by atoms with van der Waals surface area (Å²) < 4.78 is 15.8. The maximum absolute atomic E-state index is 15.8. The Morgan fingerprint density at radius 3 is 2.42 bits per heavy atom. The molecule has 3 saturated heterocycles. The number of amides is 2. The van der Waals surface area contributed by atoms with Crippen molar-refractivity contribution in [2.24, 2.45) is 5.92 Å². The summed E-state index contributed by atoms with van der Waals surface area (Å²) in [5.41, 5.74) is 1.34. The molecule has 3 fully saturated rings. The van der Waals surface area contributed by atoms with Crippen LogP contribution in [0.4, 0.5) is 21.5 Å². The molecule has 8 nitrogen and oxygen atoms in total. The van der Waals surface area contributed by atoms with E-state index in [1.165, 1.54) is 42.2 Å². The molecule has 2 unspecified atom stereocenters. The summed E-state index contributed by atoms with van der Waals surface area (Å²) in [6.45, 7) is 5.20. The van der Waals surface area contributed by atoms with Gasteiger partial charge in [-0.05, 0) is 63.2 Å². The summed E-state index contributed by atoms with van der Waals surface area (Å²) in [7, 11) is 1.63. The summed E-state index contributed by atoms with van der Waals surface area (Å²) in [6.07, 6.45) is 5.37. The molecule has 4 aliphatic rings. The van der Waals surface area contributed by atoms with Crippen LogP contribution in [0.5, 0.6) is 0 Å². The minimum atomic E-state index is -1.16. The zero-order valence-electron chi connectivity index (χ0n) is 19.3. The van der Waals surface area contributed by atoms with Gasteiger partial charge in [-0.2, -0.15) is 0 Å². The zero-order valence-corrected chi connectivity index (χ0v) is 19.3. The Balaban J connectivity index is 1.31. The van der Waals surface area contributed by atoms with Crippen LogP contribution < -0.4 is 20.0 Å². The standard InChI is InChI=1S/C24H34FN5O3/c1-27-22-18(30(24(27)33)19-7-8-20(31)26-23(19)32)6-5-17(21(22)25)29-13-9-16(10-14-29)15-28-11-3-2-4-12-28/h5-6,16,19,24,33H,2-4,7-15H2,1H3,(H,26,31,32). The van der Waals surface area contributed by atoms with Crippen molar-refractivity contribution in [3.63, 3.8) is 0 Å². The Morgan fingerprint density at radius 2 is 1.73 bits per heavy atom. The van der Waals surface area contributed by atoms with Crippen molar-refractivity contribution in [3.05, 3.63) is 17.9 Å². The number of imide groups is 1. The first kappa shape index (κ1) is 22.4. The number of hydrogen-bond donors (Lipinski definition) is 2. The predicted octanol–water partition coefficient (Wildman–Crippen LogP) is 1.87. The molecule has 33 heavy (non-hydrogen) atoms. The molecule has 5 rings (SSSR count). The molecule has 0 bridgehead atoms. The third-order valence-electron chi connectivity index (χ3n) is 7.77. The number of likely N-dealkylation sites (tertiary alicyclic amines) is 1. The second kappa shape index (κ2) is 9.10. The summed E-state index contributed by atoms with van der Waals surface area (Å²) in [5.74, 6) is -0.474. The number of carbonyl (C=O) groups is 2. The molecule has 1 aromatic rings. The Bertz CT molecular complexity index is 914. The van der Waals surface area contributed by atoms with Gasteiger partial charge in [0.25, 0.3) is 0 Å². The number of fused-ring (bicyclic) bond motifs is 1. The largest absolute Gasteiger partial charge is 0.369 e. The predicted molar refractivity (Wildman–Crippen MR) is 125 cm³/mol. The van der Waals surface area contributed by atoms with E-state index in [0.29, 0.717) is 29.4 Å². The van der Waals surface area contributed by atoms with Crippen molar-refractivity contribution in [1.82, 2.24) is 10.2 Å². The zero-order chi connectivity index (χ0) is 23.1. The van der Waals surface area contributed by atoms with Crippen LogP contribution in [0.25, 0.3) is 0 Å². The number of hydrogen-bond acceptors (Lipinski definition) is 7. The van der Waals surface area contributed by atoms with Crippen molar-refractivity contribution in [2.75, 3.05) is 54.5 Å². The quantitative estimate of drug-likeness (QED) is 0.666. The van der Waals surface area contributed by atoms with Crippen LogP contribution in [0, 0.1) is 11.7 Å². The molecule has 4 aliphatic heterocycles. The third kappa shape index (κ3) is 4.17. The Labute approximate surface area is 194 Å². The van der Waals surface area contributed by atoms with E-state index in [1.54, 1.807) is 19.2 Å². The molecule has 0 aromatic heterocycles. The highest BCUT2D eigenvalue weighted by Crippen LogP contribution is 2.45. The van der Waals surface area contributed by atoms with E-state index >= 15 is 4.39 Å². The van der Waals surface area contributed by atoms with Crippen molar-refractivity contribution in [3.8, 4) is 0 Å². The molecular weight excluding hydrogens is 425 g/mol. The molecule has 180 valence electrons. The number of carbonyl (C=O) groups excluding carboxylic acids is 2. The first-order valence-corrected chi connectivity index (χ1v) is 12.3. The van der Waals surface area contributed by atoms with E-state index in [4.69, 9.17) is 0 Å². The van der Waals surface area contributed by atoms with Crippen LogP contribution in [0.2, 0.25) is 0 Å². The fraction of sp³-hybridized carbons (Fsp3) is 0.667. The molecule has 2 N–H and O–H groups in total. The molecular formula is C24H34FN5O3. The average molecular weight is 460 g/mol. The lowest BCUT2D eigenvalue weighted by Crippen LogP contribution is -2.56. The molecule has 1 aromatic carbocycles. The van der Waals surface area contributed by atoms with E-state index in [2.05, 4.69) is 15.1 Å². The van der Waals surface area contributed by atoms with Gasteiger partial charge < -0.3 is 24.7 Å². The smallest absolute Gasteiger partial charge is 0.249 e. The summed E-state index contributed by atoms with van der Waals surface area (Å²) >= 11 is 0.